The fraction of sp³-hybridized carbons (Fsp3) is 0. The minimum Gasteiger partial charge on any atom is -0.506 e. The molecule has 24 heavy (non-hydrogen) atoms. The number of carbonyl (C=O) groups excluding carboxylic acids is 2. The van der Waals surface area contributed by atoms with Crippen LogP contribution in [-0.4, -0.2) is 16.9 Å². The van der Waals surface area contributed by atoms with Crippen LogP contribution in [0.4, 0.5) is 11.4 Å². The Hall–Kier alpha value is -3.05. The number of aromatic hydroxyl groups is 1. The molecule has 0 bridgehead atoms. The van der Waals surface area contributed by atoms with Gasteiger partial charge in [0.2, 0.25) is 0 Å². The third-order valence-corrected chi connectivity index (χ3v) is 3.66. The first-order valence-corrected chi connectivity index (χ1v) is 7.50. The molecule has 0 aromatic heterocycles. The molecule has 3 rings (SSSR count). The van der Waals surface area contributed by atoms with Gasteiger partial charge in [-0.1, -0.05) is 41.9 Å². The van der Waals surface area contributed by atoms with Gasteiger partial charge in [0.1, 0.15) is 5.75 Å². The third kappa shape index (κ3) is 3.47. The number of phenols is 1. The van der Waals surface area contributed by atoms with Crippen LogP contribution in [-0.2, 0) is 9.59 Å². The summed E-state index contributed by atoms with van der Waals surface area (Å²) in [5.41, 5.74) is 0.574. The highest BCUT2D eigenvalue weighted by molar-refractivity contribution is 6.44. The largest absolute Gasteiger partial charge is 0.506 e. The van der Waals surface area contributed by atoms with Crippen molar-refractivity contribution < 1.29 is 14.7 Å². The maximum atomic E-state index is 12.0. The van der Waals surface area contributed by atoms with Gasteiger partial charge in [-0.2, -0.15) is 0 Å². The fourth-order valence-electron chi connectivity index (χ4n) is 2.24. The van der Waals surface area contributed by atoms with Crippen molar-refractivity contribution >= 4 is 45.6 Å². The Morgan fingerprint density at radius 2 is 1.54 bits per heavy atom. The van der Waals surface area contributed by atoms with Crippen molar-refractivity contribution in [2.75, 3.05) is 10.6 Å². The highest BCUT2D eigenvalue weighted by Gasteiger charge is 2.16. The second-order valence-corrected chi connectivity index (χ2v) is 5.57. The Morgan fingerprint density at radius 3 is 2.33 bits per heavy atom. The van der Waals surface area contributed by atoms with E-state index in [4.69, 9.17) is 11.6 Å². The van der Waals surface area contributed by atoms with Crippen LogP contribution >= 0.6 is 11.6 Å². The fourth-order valence-corrected chi connectivity index (χ4v) is 2.41. The lowest BCUT2D eigenvalue weighted by Crippen LogP contribution is -2.29. The van der Waals surface area contributed by atoms with Crippen molar-refractivity contribution in [1.29, 1.82) is 0 Å². The van der Waals surface area contributed by atoms with Gasteiger partial charge in [-0.25, -0.2) is 0 Å². The summed E-state index contributed by atoms with van der Waals surface area (Å²) >= 11 is 5.80. The third-order valence-electron chi connectivity index (χ3n) is 3.42. The van der Waals surface area contributed by atoms with Crippen molar-refractivity contribution in [3.63, 3.8) is 0 Å². The molecule has 0 radical (unpaired) electrons. The quantitative estimate of drug-likeness (QED) is 0.490. The van der Waals surface area contributed by atoms with Gasteiger partial charge in [-0.3, -0.25) is 9.59 Å². The number of anilines is 2. The first-order valence-electron chi connectivity index (χ1n) is 7.12. The summed E-state index contributed by atoms with van der Waals surface area (Å²) in [6.07, 6.45) is 0. The van der Waals surface area contributed by atoms with Crippen LogP contribution in [0.25, 0.3) is 10.8 Å². The Morgan fingerprint density at radius 1 is 0.833 bits per heavy atom. The van der Waals surface area contributed by atoms with Crippen LogP contribution in [0.1, 0.15) is 0 Å². The molecule has 3 N–H and O–H groups in total. The van der Waals surface area contributed by atoms with Crippen molar-refractivity contribution in [1.82, 2.24) is 0 Å². The number of halogens is 1. The monoisotopic (exact) mass is 340 g/mol. The molecule has 0 saturated carbocycles. The zero-order valence-electron chi connectivity index (χ0n) is 12.4. The number of rotatable bonds is 2. The number of hydrogen-bond acceptors (Lipinski definition) is 3. The van der Waals surface area contributed by atoms with Gasteiger partial charge in [-0.05, 0) is 41.1 Å². The van der Waals surface area contributed by atoms with Crippen molar-refractivity contribution in [2.24, 2.45) is 0 Å². The van der Waals surface area contributed by atoms with Gasteiger partial charge in [-0.15, -0.1) is 0 Å². The Bertz CT molecular complexity index is 940. The summed E-state index contributed by atoms with van der Waals surface area (Å²) in [6, 6.07) is 17.2. The molecule has 0 aliphatic carbocycles. The van der Waals surface area contributed by atoms with Crippen LogP contribution in [0.5, 0.6) is 5.75 Å². The molecule has 0 heterocycles. The molecule has 120 valence electrons. The summed E-state index contributed by atoms with van der Waals surface area (Å²) in [5, 5.41) is 16.8. The zero-order valence-corrected chi connectivity index (χ0v) is 13.2. The molecule has 0 unspecified atom stereocenters. The molecule has 2 amide bonds. The predicted molar refractivity (Wildman–Crippen MR) is 94.3 cm³/mol. The van der Waals surface area contributed by atoms with E-state index >= 15 is 0 Å². The Kier molecular flexibility index (Phi) is 4.35. The van der Waals surface area contributed by atoms with E-state index in [9.17, 15) is 14.7 Å². The van der Waals surface area contributed by atoms with E-state index in [2.05, 4.69) is 10.6 Å². The topological polar surface area (TPSA) is 78.4 Å². The van der Waals surface area contributed by atoms with Crippen LogP contribution < -0.4 is 10.6 Å². The second kappa shape index (κ2) is 6.60. The average Bonchev–Trinajstić information content (AvgIpc) is 2.58. The standard InChI is InChI=1S/C18H13ClN2O3/c19-13-6-8-16(22)15(10-13)21-18(24)17(23)20-14-7-5-11-3-1-2-4-12(11)9-14/h1-10,22H,(H,20,23)(H,21,24). The van der Waals surface area contributed by atoms with E-state index in [-0.39, 0.29) is 11.4 Å². The summed E-state index contributed by atoms with van der Waals surface area (Å²) in [5.74, 6) is -1.92. The molecular weight excluding hydrogens is 328 g/mol. The Labute approximate surface area is 142 Å². The first-order chi connectivity index (χ1) is 11.5. The number of fused-ring (bicyclic) bond motifs is 1. The van der Waals surface area contributed by atoms with Crippen molar-refractivity contribution in [3.05, 3.63) is 65.7 Å². The molecule has 0 spiro atoms. The summed E-state index contributed by atoms with van der Waals surface area (Å²) in [6.45, 7) is 0. The van der Waals surface area contributed by atoms with Gasteiger partial charge in [0.25, 0.3) is 0 Å². The number of benzene rings is 3. The normalized spacial score (nSPS) is 10.4. The Balaban J connectivity index is 1.73. The molecule has 0 saturated heterocycles. The predicted octanol–water partition coefficient (Wildman–Crippen LogP) is 3.78. The van der Waals surface area contributed by atoms with E-state index in [1.54, 1.807) is 12.1 Å². The summed E-state index contributed by atoms with van der Waals surface area (Å²) in [4.78, 5) is 24.0. The minimum atomic E-state index is -0.902. The van der Waals surface area contributed by atoms with Gasteiger partial charge in [0.05, 0.1) is 5.69 Å². The van der Waals surface area contributed by atoms with Crippen LogP contribution in [0.3, 0.4) is 0 Å². The molecule has 0 aliphatic heterocycles. The lowest BCUT2D eigenvalue weighted by Gasteiger charge is -2.09. The summed E-state index contributed by atoms with van der Waals surface area (Å²) < 4.78 is 0. The number of amides is 2. The van der Waals surface area contributed by atoms with Crippen LogP contribution in [0.2, 0.25) is 5.02 Å². The van der Waals surface area contributed by atoms with E-state index in [1.165, 1.54) is 18.2 Å². The average molecular weight is 341 g/mol. The highest BCUT2D eigenvalue weighted by atomic mass is 35.5. The van der Waals surface area contributed by atoms with Gasteiger partial charge in [0.15, 0.2) is 0 Å². The molecule has 3 aromatic rings. The lowest BCUT2D eigenvalue weighted by molar-refractivity contribution is -0.133. The molecule has 6 heteroatoms. The number of hydrogen-bond donors (Lipinski definition) is 3. The number of nitrogens with one attached hydrogen (secondary N) is 2. The highest BCUT2D eigenvalue weighted by Crippen LogP contribution is 2.26. The smallest absolute Gasteiger partial charge is 0.314 e. The van der Waals surface area contributed by atoms with Gasteiger partial charge < -0.3 is 15.7 Å². The molecule has 3 aromatic carbocycles. The minimum absolute atomic E-state index is 0.0705. The molecule has 5 nitrogen and oxygen atoms in total. The van der Waals surface area contributed by atoms with Crippen molar-refractivity contribution in [3.8, 4) is 5.75 Å². The van der Waals surface area contributed by atoms with E-state index in [1.807, 2.05) is 30.3 Å². The van der Waals surface area contributed by atoms with Gasteiger partial charge in [0, 0.05) is 10.7 Å². The molecule has 0 atom stereocenters. The first kappa shape index (κ1) is 15.8. The number of phenolic OH excluding ortho intramolecular Hbond substituents is 1. The van der Waals surface area contributed by atoms with Crippen LogP contribution in [0, 0.1) is 0 Å². The van der Waals surface area contributed by atoms with E-state index in [0.29, 0.717) is 10.7 Å². The lowest BCUT2D eigenvalue weighted by atomic mass is 10.1. The van der Waals surface area contributed by atoms with Crippen LogP contribution in [0.15, 0.2) is 60.7 Å². The molecule has 0 fully saturated rings. The molecular formula is C18H13ClN2O3. The van der Waals surface area contributed by atoms with E-state index < -0.39 is 11.8 Å². The second-order valence-electron chi connectivity index (χ2n) is 5.13. The summed E-state index contributed by atoms with van der Waals surface area (Å²) in [7, 11) is 0. The molecule has 0 aliphatic rings. The van der Waals surface area contributed by atoms with E-state index in [0.717, 1.165) is 10.8 Å². The maximum Gasteiger partial charge on any atom is 0.314 e. The zero-order chi connectivity index (χ0) is 17.1. The number of carbonyl (C=O) groups is 2. The maximum absolute atomic E-state index is 12.0. The van der Waals surface area contributed by atoms with Crippen molar-refractivity contribution in [2.45, 2.75) is 0 Å². The van der Waals surface area contributed by atoms with Gasteiger partial charge >= 0.3 is 11.8 Å². The SMILES string of the molecule is O=C(Nc1ccc2ccccc2c1)C(=O)Nc1cc(Cl)ccc1O.